The van der Waals surface area contributed by atoms with Gasteiger partial charge in [0, 0.05) is 19.6 Å². The molecule has 0 bridgehead atoms. The molecule has 0 aromatic rings. The third-order valence-electron chi connectivity index (χ3n) is 2.66. The van der Waals surface area contributed by atoms with Gasteiger partial charge in [-0.3, -0.25) is 4.90 Å². The van der Waals surface area contributed by atoms with E-state index in [-0.39, 0.29) is 0 Å². The highest BCUT2D eigenvalue weighted by molar-refractivity contribution is 5.75. The summed E-state index contributed by atoms with van der Waals surface area (Å²) >= 11 is 0. The lowest BCUT2D eigenvalue weighted by molar-refractivity contribution is -0.117. The molecule has 15 heavy (non-hydrogen) atoms. The standard InChI is InChI=1S/C12H25NO2/c1-5-13(11(2)10-15-4)9-7-6-8-12(3)14/h11H,5-10H2,1-4H3. The minimum absolute atomic E-state index is 0.294. The number of carbonyl (C=O) groups is 1. The molecule has 0 saturated carbocycles. The number of Topliss-reactive ketones (excluding diaryl/α,β-unsaturated/α-hetero) is 1. The Kier molecular flexibility index (Phi) is 8.62. The van der Waals surface area contributed by atoms with Crippen molar-refractivity contribution in [2.75, 3.05) is 26.8 Å². The summed E-state index contributed by atoms with van der Waals surface area (Å²) in [7, 11) is 1.74. The van der Waals surface area contributed by atoms with Gasteiger partial charge in [0.25, 0.3) is 0 Å². The fourth-order valence-electron chi connectivity index (χ4n) is 1.73. The quantitative estimate of drug-likeness (QED) is 0.552. The number of nitrogens with zero attached hydrogens (tertiary/aromatic N) is 1. The van der Waals surface area contributed by atoms with Crippen molar-refractivity contribution in [1.29, 1.82) is 0 Å². The first-order valence-electron chi connectivity index (χ1n) is 5.84. The first-order chi connectivity index (χ1) is 7.11. The van der Waals surface area contributed by atoms with Gasteiger partial charge in [-0.25, -0.2) is 0 Å². The normalized spacial score (nSPS) is 13.1. The number of likely N-dealkylation sites (N-methyl/N-ethyl adjacent to an activating group) is 1. The predicted molar refractivity (Wildman–Crippen MR) is 63.1 cm³/mol. The van der Waals surface area contributed by atoms with Crippen molar-refractivity contribution < 1.29 is 9.53 Å². The van der Waals surface area contributed by atoms with E-state index in [1.165, 1.54) is 0 Å². The van der Waals surface area contributed by atoms with Crippen LogP contribution in [0, 0.1) is 0 Å². The number of carbonyl (C=O) groups excluding carboxylic acids is 1. The molecule has 0 fully saturated rings. The molecule has 0 N–H and O–H groups in total. The van der Waals surface area contributed by atoms with Gasteiger partial charge in [0.05, 0.1) is 6.61 Å². The fourth-order valence-corrected chi connectivity index (χ4v) is 1.73. The fraction of sp³-hybridized carbons (Fsp3) is 0.917. The van der Waals surface area contributed by atoms with E-state index in [1.807, 2.05) is 0 Å². The predicted octanol–water partition coefficient (Wildman–Crippen LogP) is 2.10. The van der Waals surface area contributed by atoms with Gasteiger partial charge in [-0.05, 0) is 39.8 Å². The molecule has 0 aliphatic carbocycles. The topological polar surface area (TPSA) is 29.5 Å². The van der Waals surface area contributed by atoms with Crippen LogP contribution in [0.4, 0.5) is 0 Å². The van der Waals surface area contributed by atoms with Gasteiger partial charge in [-0.15, -0.1) is 0 Å². The van der Waals surface area contributed by atoms with Crippen LogP contribution in [0.2, 0.25) is 0 Å². The third kappa shape index (κ3) is 7.51. The Hall–Kier alpha value is -0.410. The van der Waals surface area contributed by atoms with E-state index < -0.39 is 0 Å². The number of ether oxygens (including phenoxy) is 1. The zero-order valence-corrected chi connectivity index (χ0v) is 10.6. The molecule has 0 aliphatic heterocycles. The van der Waals surface area contributed by atoms with Crippen molar-refractivity contribution in [3.8, 4) is 0 Å². The molecule has 0 spiro atoms. The summed E-state index contributed by atoms with van der Waals surface area (Å²) in [5, 5.41) is 0. The van der Waals surface area contributed by atoms with Crippen molar-refractivity contribution >= 4 is 5.78 Å². The summed E-state index contributed by atoms with van der Waals surface area (Å²) in [5.74, 6) is 0.294. The Morgan fingerprint density at radius 3 is 2.53 bits per heavy atom. The van der Waals surface area contributed by atoms with Crippen molar-refractivity contribution in [1.82, 2.24) is 4.90 Å². The largest absolute Gasteiger partial charge is 0.383 e. The van der Waals surface area contributed by atoms with E-state index in [9.17, 15) is 4.79 Å². The Labute approximate surface area is 93.8 Å². The molecule has 0 aromatic heterocycles. The maximum absolute atomic E-state index is 10.8. The average Bonchev–Trinajstić information content (AvgIpc) is 2.17. The van der Waals surface area contributed by atoms with Crippen LogP contribution in [0.3, 0.4) is 0 Å². The van der Waals surface area contributed by atoms with Crippen LogP contribution >= 0.6 is 0 Å². The van der Waals surface area contributed by atoms with Gasteiger partial charge >= 0.3 is 0 Å². The lowest BCUT2D eigenvalue weighted by Gasteiger charge is -2.27. The SMILES string of the molecule is CCN(CCCCC(C)=O)C(C)COC. The summed E-state index contributed by atoms with van der Waals surface area (Å²) in [5.41, 5.74) is 0. The lowest BCUT2D eigenvalue weighted by Crippen LogP contribution is -2.36. The van der Waals surface area contributed by atoms with Crippen LogP contribution in [-0.2, 0) is 9.53 Å². The Balaban J connectivity index is 3.65. The summed E-state index contributed by atoms with van der Waals surface area (Å²) in [6.45, 7) is 8.89. The Bertz CT molecular complexity index is 171. The Morgan fingerprint density at radius 2 is 2.07 bits per heavy atom. The van der Waals surface area contributed by atoms with Crippen LogP contribution in [0.5, 0.6) is 0 Å². The third-order valence-corrected chi connectivity index (χ3v) is 2.66. The molecule has 0 heterocycles. The molecule has 3 nitrogen and oxygen atoms in total. The maximum atomic E-state index is 10.8. The second-order valence-corrected chi connectivity index (χ2v) is 4.09. The molecule has 1 atom stereocenters. The second-order valence-electron chi connectivity index (χ2n) is 4.09. The van der Waals surface area contributed by atoms with Gasteiger partial charge in [-0.1, -0.05) is 6.92 Å². The maximum Gasteiger partial charge on any atom is 0.129 e. The molecule has 1 unspecified atom stereocenters. The average molecular weight is 215 g/mol. The minimum atomic E-state index is 0.294. The molecule has 0 aromatic carbocycles. The zero-order valence-electron chi connectivity index (χ0n) is 10.6. The number of hydrogen-bond acceptors (Lipinski definition) is 3. The van der Waals surface area contributed by atoms with Gasteiger partial charge < -0.3 is 9.53 Å². The first kappa shape index (κ1) is 14.6. The van der Waals surface area contributed by atoms with E-state index in [2.05, 4.69) is 18.7 Å². The van der Waals surface area contributed by atoms with Gasteiger partial charge in [-0.2, -0.15) is 0 Å². The number of unbranched alkanes of at least 4 members (excludes halogenated alkanes) is 1. The molecular formula is C12H25NO2. The second kappa shape index (κ2) is 8.86. The van der Waals surface area contributed by atoms with Gasteiger partial charge in [0.15, 0.2) is 0 Å². The summed E-state index contributed by atoms with van der Waals surface area (Å²) in [6.07, 6.45) is 2.82. The van der Waals surface area contributed by atoms with Crippen LogP contribution < -0.4 is 0 Å². The molecule has 90 valence electrons. The van der Waals surface area contributed by atoms with Crippen LogP contribution in [-0.4, -0.2) is 43.5 Å². The monoisotopic (exact) mass is 215 g/mol. The minimum Gasteiger partial charge on any atom is -0.383 e. The van der Waals surface area contributed by atoms with Crippen LogP contribution in [0.15, 0.2) is 0 Å². The van der Waals surface area contributed by atoms with Crippen molar-refractivity contribution in [3.05, 3.63) is 0 Å². The molecule has 0 aliphatic rings. The number of ketones is 1. The highest BCUT2D eigenvalue weighted by Crippen LogP contribution is 2.04. The Morgan fingerprint density at radius 1 is 1.40 bits per heavy atom. The van der Waals surface area contributed by atoms with Crippen molar-refractivity contribution in [2.24, 2.45) is 0 Å². The van der Waals surface area contributed by atoms with Crippen molar-refractivity contribution in [2.45, 2.75) is 46.1 Å². The number of hydrogen-bond donors (Lipinski definition) is 0. The van der Waals surface area contributed by atoms with E-state index in [4.69, 9.17) is 4.74 Å². The van der Waals surface area contributed by atoms with E-state index in [1.54, 1.807) is 14.0 Å². The molecule has 0 saturated heterocycles. The summed E-state index contributed by atoms with van der Waals surface area (Å²) < 4.78 is 5.14. The summed E-state index contributed by atoms with van der Waals surface area (Å²) in [6, 6.07) is 0.470. The molecule has 0 rings (SSSR count). The van der Waals surface area contributed by atoms with Crippen LogP contribution in [0.25, 0.3) is 0 Å². The molecule has 0 amide bonds. The number of methoxy groups -OCH3 is 1. The van der Waals surface area contributed by atoms with Gasteiger partial charge in [0.1, 0.15) is 5.78 Å². The van der Waals surface area contributed by atoms with Crippen LogP contribution in [0.1, 0.15) is 40.0 Å². The van der Waals surface area contributed by atoms with E-state index >= 15 is 0 Å². The van der Waals surface area contributed by atoms with E-state index in [0.29, 0.717) is 11.8 Å². The molecular weight excluding hydrogens is 190 g/mol. The lowest BCUT2D eigenvalue weighted by atomic mass is 10.1. The summed E-state index contributed by atoms with van der Waals surface area (Å²) in [4.78, 5) is 13.2. The van der Waals surface area contributed by atoms with Crippen molar-refractivity contribution in [3.63, 3.8) is 0 Å². The smallest absolute Gasteiger partial charge is 0.129 e. The highest BCUT2D eigenvalue weighted by atomic mass is 16.5. The number of rotatable bonds is 9. The first-order valence-corrected chi connectivity index (χ1v) is 5.84. The van der Waals surface area contributed by atoms with Gasteiger partial charge in [0.2, 0.25) is 0 Å². The van der Waals surface area contributed by atoms with E-state index in [0.717, 1.165) is 39.0 Å². The molecule has 0 radical (unpaired) electrons. The highest BCUT2D eigenvalue weighted by Gasteiger charge is 2.10. The zero-order chi connectivity index (χ0) is 11.7. The molecule has 3 heteroatoms.